The summed E-state index contributed by atoms with van der Waals surface area (Å²) in [5.74, 6) is -0.890. The number of rotatable bonds is 1. The molecule has 0 bridgehead atoms. The number of aromatic carboxylic acids is 1. The molecule has 1 rings (SSSR count). The fourth-order valence-electron chi connectivity index (χ4n) is 1.06. The second kappa shape index (κ2) is 2.42. The normalized spacial score (nSPS) is 10.1. The van der Waals surface area contributed by atoms with Crippen LogP contribution < -0.4 is 0 Å². The minimum absolute atomic E-state index is 0.306. The minimum atomic E-state index is -0.890. The first-order valence-corrected chi connectivity index (χ1v) is 3.43. The van der Waals surface area contributed by atoms with Gasteiger partial charge in [0.1, 0.15) is 5.69 Å². The molecule has 0 aromatic carbocycles. The lowest BCUT2D eigenvalue weighted by molar-refractivity contribution is 0.0690. The van der Waals surface area contributed by atoms with Gasteiger partial charge in [-0.1, -0.05) is 0 Å². The topological polar surface area (TPSA) is 53.1 Å². The van der Waals surface area contributed by atoms with Crippen LogP contribution in [0.2, 0.25) is 0 Å². The first-order valence-electron chi connectivity index (χ1n) is 3.43. The third-order valence-corrected chi connectivity index (χ3v) is 2.03. The second-order valence-electron chi connectivity index (χ2n) is 2.68. The Morgan fingerprint density at radius 3 is 2.00 bits per heavy atom. The number of nitrogens with one attached hydrogen (secondary N) is 1. The van der Waals surface area contributed by atoms with E-state index in [-0.39, 0.29) is 0 Å². The van der Waals surface area contributed by atoms with E-state index in [9.17, 15) is 4.79 Å². The lowest BCUT2D eigenvalue weighted by atomic mass is 10.1. The van der Waals surface area contributed by atoms with Gasteiger partial charge < -0.3 is 10.1 Å². The van der Waals surface area contributed by atoms with Gasteiger partial charge >= 0.3 is 5.97 Å². The number of H-pyrrole nitrogens is 1. The molecule has 0 radical (unpaired) electrons. The van der Waals surface area contributed by atoms with Gasteiger partial charge in [-0.05, 0) is 31.9 Å². The van der Waals surface area contributed by atoms with E-state index in [1.807, 2.05) is 20.8 Å². The smallest absolute Gasteiger partial charge is 0.352 e. The largest absolute Gasteiger partial charge is 0.477 e. The molecule has 0 fully saturated rings. The summed E-state index contributed by atoms with van der Waals surface area (Å²) < 4.78 is 0. The van der Waals surface area contributed by atoms with Crippen molar-refractivity contribution in [2.45, 2.75) is 20.8 Å². The molecule has 1 heterocycles. The van der Waals surface area contributed by atoms with Crippen molar-refractivity contribution < 1.29 is 9.90 Å². The Morgan fingerprint density at radius 2 is 1.82 bits per heavy atom. The van der Waals surface area contributed by atoms with E-state index in [1.54, 1.807) is 0 Å². The van der Waals surface area contributed by atoms with Crippen molar-refractivity contribution in [3.63, 3.8) is 0 Å². The molecule has 0 aliphatic heterocycles. The Hall–Kier alpha value is -1.25. The molecule has 60 valence electrons. The van der Waals surface area contributed by atoms with Crippen molar-refractivity contribution in [1.29, 1.82) is 0 Å². The van der Waals surface area contributed by atoms with E-state index in [0.29, 0.717) is 5.69 Å². The molecular formula is C8H11NO2. The van der Waals surface area contributed by atoms with Gasteiger partial charge in [0.2, 0.25) is 0 Å². The van der Waals surface area contributed by atoms with Crippen LogP contribution in [0.25, 0.3) is 0 Å². The molecule has 2 N–H and O–H groups in total. The summed E-state index contributed by atoms with van der Waals surface area (Å²) in [5, 5.41) is 8.67. The molecule has 0 unspecified atom stereocenters. The SMILES string of the molecule is Cc1[nH]c(C(=O)O)c(C)c1C. The van der Waals surface area contributed by atoms with Gasteiger partial charge in [-0.3, -0.25) is 0 Å². The number of aryl methyl sites for hydroxylation is 1. The number of hydrogen-bond donors (Lipinski definition) is 2. The molecule has 3 heteroatoms. The predicted molar refractivity (Wildman–Crippen MR) is 42.0 cm³/mol. The fraction of sp³-hybridized carbons (Fsp3) is 0.375. The first-order chi connectivity index (χ1) is 5.04. The van der Waals surface area contributed by atoms with Gasteiger partial charge in [0.05, 0.1) is 0 Å². The quantitative estimate of drug-likeness (QED) is 0.644. The Kier molecular flexibility index (Phi) is 1.72. The summed E-state index contributed by atoms with van der Waals surface area (Å²) in [6.45, 7) is 5.59. The lowest BCUT2D eigenvalue weighted by Crippen LogP contribution is -1.98. The van der Waals surface area contributed by atoms with Crippen LogP contribution >= 0.6 is 0 Å². The van der Waals surface area contributed by atoms with E-state index in [4.69, 9.17) is 5.11 Å². The predicted octanol–water partition coefficient (Wildman–Crippen LogP) is 1.64. The van der Waals surface area contributed by atoms with Gasteiger partial charge in [-0.15, -0.1) is 0 Å². The molecule has 0 atom stereocenters. The van der Waals surface area contributed by atoms with Gasteiger partial charge in [-0.2, -0.15) is 0 Å². The van der Waals surface area contributed by atoms with Crippen molar-refractivity contribution in [3.05, 3.63) is 22.5 Å². The van der Waals surface area contributed by atoms with Crippen LogP contribution in [0.4, 0.5) is 0 Å². The molecule has 0 saturated heterocycles. The zero-order valence-electron chi connectivity index (χ0n) is 6.86. The van der Waals surface area contributed by atoms with E-state index in [0.717, 1.165) is 16.8 Å². The Labute approximate surface area is 65.1 Å². The number of carbonyl (C=O) groups is 1. The highest BCUT2D eigenvalue weighted by Gasteiger charge is 2.12. The fourth-order valence-corrected chi connectivity index (χ4v) is 1.06. The summed E-state index contributed by atoms with van der Waals surface area (Å²) in [4.78, 5) is 13.4. The molecule has 1 aromatic rings. The van der Waals surface area contributed by atoms with Crippen LogP contribution in [0.15, 0.2) is 0 Å². The van der Waals surface area contributed by atoms with E-state index in [1.165, 1.54) is 0 Å². The number of hydrogen-bond acceptors (Lipinski definition) is 1. The number of aromatic nitrogens is 1. The van der Waals surface area contributed by atoms with E-state index >= 15 is 0 Å². The molecule has 11 heavy (non-hydrogen) atoms. The zero-order chi connectivity index (χ0) is 8.59. The summed E-state index contributed by atoms with van der Waals surface area (Å²) >= 11 is 0. The second-order valence-corrected chi connectivity index (χ2v) is 2.68. The average molecular weight is 153 g/mol. The molecule has 0 saturated carbocycles. The van der Waals surface area contributed by atoms with Crippen molar-refractivity contribution in [2.75, 3.05) is 0 Å². The van der Waals surface area contributed by atoms with Crippen LogP contribution in [-0.2, 0) is 0 Å². The summed E-state index contributed by atoms with van der Waals surface area (Å²) in [6.07, 6.45) is 0. The molecule has 0 amide bonds. The highest BCUT2D eigenvalue weighted by atomic mass is 16.4. The molecular weight excluding hydrogens is 142 g/mol. The third-order valence-electron chi connectivity index (χ3n) is 2.03. The van der Waals surface area contributed by atoms with E-state index in [2.05, 4.69) is 4.98 Å². The van der Waals surface area contributed by atoms with Crippen LogP contribution in [0.3, 0.4) is 0 Å². The maximum atomic E-state index is 10.6. The van der Waals surface area contributed by atoms with Crippen molar-refractivity contribution in [3.8, 4) is 0 Å². The summed E-state index contributed by atoms with van der Waals surface area (Å²) in [5.41, 5.74) is 3.09. The van der Waals surface area contributed by atoms with E-state index < -0.39 is 5.97 Å². The molecule has 3 nitrogen and oxygen atoms in total. The monoisotopic (exact) mass is 153 g/mol. The Morgan fingerprint density at radius 1 is 1.27 bits per heavy atom. The van der Waals surface area contributed by atoms with Crippen LogP contribution in [0.1, 0.15) is 27.3 Å². The van der Waals surface area contributed by atoms with Gasteiger partial charge in [0.25, 0.3) is 0 Å². The average Bonchev–Trinajstić information content (AvgIpc) is 2.17. The molecule has 0 aliphatic carbocycles. The summed E-state index contributed by atoms with van der Waals surface area (Å²) in [7, 11) is 0. The summed E-state index contributed by atoms with van der Waals surface area (Å²) in [6, 6.07) is 0. The Balaban J connectivity index is 3.29. The van der Waals surface area contributed by atoms with Crippen LogP contribution in [0.5, 0.6) is 0 Å². The van der Waals surface area contributed by atoms with Crippen molar-refractivity contribution >= 4 is 5.97 Å². The van der Waals surface area contributed by atoms with Crippen LogP contribution in [-0.4, -0.2) is 16.1 Å². The highest BCUT2D eigenvalue weighted by Crippen LogP contribution is 2.15. The maximum absolute atomic E-state index is 10.6. The number of carboxylic acids is 1. The first kappa shape index (κ1) is 7.85. The lowest BCUT2D eigenvalue weighted by Gasteiger charge is -1.90. The van der Waals surface area contributed by atoms with Crippen molar-refractivity contribution in [1.82, 2.24) is 4.98 Å². The minimum Gasteiger partial charge on any atom is -0.477 e. The highest BCUT2D eigenvalue weighted by molar-refractivity contribution is 5.87. The van der Waals surface area contributed by atoms with Crippen LogP contribution in [0, 0.1) is 20.8 Å². The maximum Gasteiger partial charge on any atom is 0.352 e. The Bertz CT molecular complexity index is 299. The van der Waals surface area contributed by atoms with Gasteiger partial charge in [0.15, 0.2) is 0 Å². The molecule has 0 spiro atoms. The van der Waals surface area contributed by atoms with Gasteiger partial charge in [0, 0.05) is 5.69 Å². The zero-order valence-corrected chi connectivity index (χ0v) is 6.86. The van der Waals surface area contributed by atoms with Crippen molar-refractivity contribution in [2.24, 2.45) is 0 Å². The number of carboxylic acid groups (broad SMARTS) is 1. The molecule has 1 aromatic heterocycles. The number of aromatic amines is 1. The van der Waals surface area contributed by atoms with Gasteiger partial charge in [-0.25, -0.2) is 4.79 Å². The third kappa shape index (κ3) is 1.13. The standard InChI is InChI=1S/C8H11NO2/c1-4-5(2)7(8(10)11)9-6(4)3/h9H,1-3H3,(H,10,11). The molecule has 0 aliphatic rings.